The van der Waals surface area contributed by atoms with Gasteiger partial charge in [-0.3, -0.25) is 0 Å². The summed E-state index contributed by atoms with van der Waals surface area (Å²) in [5.41, 5.74) is 5.44. The third-order valence-corrected chi connectivity index (χ3v) is 1.78. The molecule has 0 spiro atoms. The van der Waals surface area contributed by atoms with Crippen LogP contribution in [0.1, 0.15) is 19.8 Å². The summed E-state index contributed by atoms with van der Waals surface area (Å²) in [5.74, 6) is 0. The predicted molar refractivity (Wildman–Crippen MR) is 35.6 cm³/mol. The molecule has 0 bridgehead atoms. The SMILES string of the molecule is CCCC(N)C(O)=[Te]. The second-order valence-electron chi connectivity index (χ2n) is 1.73. The van der Waals surface area contributed by atoms with Crippen molar-refractivity contribution >= 4 is 25.6 Å². The molecule has 2 nitrogen and oxygen atoms in total. The van der Waals surface area contributed by atoms with Gasteiger partial charge >= 0.3 is 62.2 Å². The monoisotopic (exact) mass is 231 g/mol. The van der Waals surface area contributed by atoms with Crippen LogP contribution in [0, 0.1) is 0 Å². The Bertz CT molecular complexity index is 84.5. The van der Waals surface area contributed by atoms with Crippen molar-refractivity contribution in [1.82, 2.24) is 0 Å². The average molecular weight is 229 g/mol. The summed E-state index contributed by atoms with van der Waals surface area (Å²) in [6.07, 6.45) is 1.91. The maximum absolute atomic E-state index is 8.75. The summed E-state index contributed by atoms with van der Waals surface area (Å²) in [5, 5.41) is 8.75. The molecule has 0 aromatic rings. The Morgan fingerprint density at radius 3 is 2.50 bits per heavy atom. The summed E-state index contributed by atoms with van der Waals surface area (Å²) >= 11 is 1.57. The van der Waals surface area contributed by atoms with Crippen LogP contribution in [-0.4, -0.2) is 36.7 Å². The van der Waals surface area contributed by atoms with E-state index in [1.165, 1.54) is 0 Å². The fraction of sp³-hybridized carbons (Fsp3) is 0.800. The van der Waals surface area contributed by atoms with Crippen molar-refractivity contribution in [3.05, 3.63) is 0 Å². The number of aliphatic hydroxyl groups is 1. The van der Waals surface area contributed by atoms with Crippen molar-refractivity contribution in [2.24, 2.45) is 5.73 Å². The number of aliphatic hydroxyl groups excluding tert-OH is 1. The van der Waals surface area contributed by atoms with Crippen molar-refractivity contribution in [3.8, 4) is 0 Å². The molecule has 0 amide bonds. The van der Waals surface area contributed by atoms with E-state index in [1.807, 2.05) is 6.92 Å². The molecule has 0 rings (SSSR count). The van der Waals surface area contributed by atoms with Crippen molar-refractivity contribution in [2.75, 3.05) is 0 Å². The van der Waals surface area contributed by atoms with Gasteiger partial charge in [0.15, 0.2) is 0 Å². The second-order valence-corrected chi connectivity index (χ2v) is 2.93. The van der Waals surface area contributed by atoms with Gasteiger partial charge in [-0.05, 0) is 0 Å². The van der Waals surface area contributed by atoms with Gasteiger partial charge in [0.2, 0.25) is 0 Å². The first kappa shape index (κ1) is 8.42. The zero-order chi connectivity index (χ0) is 6.57. The van der Waals surface area contributed by atoms with Crippen molar-refractivity contribution in [3.63, 3.8) is 0 Å². The molecule has 0 aliphatic heterocycles. The van der Waals surface area contributed by atoms with E-state index in [1.54, 1.807) is 21.8 Å². The molecular formula is C5H11NOTe. The summed E-state index contributed by atoms with van der Waals surface area (Å²) in [7, 11) is 0. The zero-order valence-corrected chi connectivity index (χ0v) is 7.25. The first-order chi connectivity index (χ1) is 3.68. The van der Waals surface area contributed by atoms with Crippen LogP contribution in [-0.2, 0) is 0 Å². The Kier molecular flexibility index (Phi) is 4.54. The Hall–Kier alpha value is 0.420. The van der Waals surface area contributed by atoms with Crippen LogP contribution in [0.2, 0.25) is 0 Å². The molecule has 48 valence electrons. The molecule has 0 radical (unpaired) electrons. The van der Waals surface area contributed by atoms with Crippen LogP contribution >= 0.6 is 0 Å². The first-order valence-corrected chi connectivity index (χ1v) is 3.83. The average Bonchev–Trinajstić information content (AvgIpc) is 1.67. The van der Waals surface area contributed by atoms with Gasteiger partial charge in [-0.25, -0.2) is 0 Å². The summed E-state index contributed by atoms with van der Waals surface area (Å²) in [6.45, 7) is 2.05. The Morgan fingerprint density at radius 2 is 2.38 bits per heavy atom. The second kappa shape index (κ2) is 4.31. The summed E-state index contributed by atoms with van der Waals surface area (Å²) in [4.78, 5) is 0. The van der Waals surface area contributed by atoms with Crippen LogP contribution in [0.15, 0.2) is 0 Å². The van der Waals surface area contributed by atoms with Gasteiger partial charge in [0, 0.05) is 0 Å². The van der Waals surface area contributed by atoms with E-state index in [9.17, 15) is 0 Å². The fourth-order valence-corrected chi connectivity index (χ4v) is 0.771. The first-order valence-electron chi connectivity index (χ1n) is 2.67. The van der Waals surface area contributed by atoms with Gasteiger partial charge in [-0.15, -0.1) is 0 Å². The third kappa shape index (κ3) is 3.43. The van der Waals surface area contributed by atoms with Gasteiger partial charge in [0.25, 0.3) is 0 Å². The molecule has 0 aliphatic rings. The van der Waals surface area contributed by atoms with E-state index >= 15 is 0 Å². The van der Waals surface area contributed by atoms with Crippen molar-refractivity contribution in [2.45, 2.75) is 25.8 Å². The number of rotatable bonds is 3. The quantitative estimate of drug-likeness (QED) is 0.657. The molecule has 0 saturated carbocycles. The van der Waals surface area contributed by atoms with Gasteiger partial charge in [0.05, 0.1) is 0 Å². The van der Waals surface area contributed by atoms with Crippen LogP contribution < -0.4 is 5.73 Å². The molecule has 0 heterocycles. The molecule has 3 N–H and O–H groups in total. The van der Waals surface area contributed by atoms with Gasteiger partial charge in [-0.1, -0.05) is 0 Å². The molecule has 1 unspecified atom stereocenters. The van der Waals surface area contributed by atoms with Crippen LogP contribution in [0.5, 0.6) is 0 Å². The molecule has 0 aromatic carbocycles. The van der Waals surface area contributed by atoms with E-state index in [-0.39, 0.29) is 6.04 Å². The van der Waals surface area contributed by atoms with E-state index in [0.29, 0.717) is 3.74 Å². The molecule has 0 aromatic heterocycles. The number of hydrogen-bond donors (Lipinski definition) is 2. The standard InChI is InChI=1S/C5H11NOTe/c1-2-3-4(6)5(7)8/h4H,2-3,6H2,1H3,(H,7,8). The summed E-state index contributed by atoms with van der Waals surface area (Å²) in [6, 6.07) is -0.107. The minimum atomic E-state index is -0.107. The van der Waals surface area contributed by atoms with Gasteiger partial charge < -0.3 is 0 Å². The van der Waals surface area contributed by atoms with Gasteiger partial charge in [0.1, 0.15) is 0 Å². The molecule has 3 heteroatoms. The zero-order valence-electron chi connectivity index (χ0n) is 4.92. The normalized spacial score (nSPS) is 13.2. The molecule has 8 heavy (non-hydrogen) atoms. The maximum atomic E-state index is 8.75. The number of nitrogens with two attached hydrogens (primary N) is 1. The molecular weight excluding hydrogens is 218 g/mol. The van der Waals surface area contributed by atoms with Gasteiger partial charge in [-0.2, -0.15) is 0 Å². The fourth-order valence-electron chi connectivity index (χ4n) is 0.434. The molecule has 1 atom stereocenters. The Labute approximate surface area is 62.5 Å². The molecule has 0 saturated heterocycles. The topological polar surface area (TPSA) is 46.2 Å². The number of hydrogen-bond acceptors (Lipinski definition) is 2. The van der Waals surface area contributed by atoms with Crippen LogP contribution in [0.3, 0.4) is 0 Å². The van der Waals surface area contributed by atoms with Crippen LogP contribution in [0.4, 0.5) is 0 Å². The van der Waals surface area contributed by atoms with Crippen LogP contribution in [0.25, 0.3) is 0 Å². The van der Waals surface area contributed by atoms with Crippen molar-refractivity contribution in [1.29, 1.82) is 0 Å². The Morgan fingerprint density at radius 1 is 1.88 bits per heavy atom. The van der Waals surface area contributed by atoms with E-state index < -0.39 is 0 Å². The minimum absolute atomic E-state index is 0.107. The molecule has 0 fully saturated rings. The molecule has 0 aliphatic carbocycles. The summed E-state index contributed by atoms with van der Waals surface area (Å²) < 4.78 is 0.350. The van der Waals surface area contributed by atoms with E-state index in [0.717, 1.165) is 12.8 Å². The van der Waals surface area contributed by atoms with E-state index in [4.69, 9.17) is 10.8 Å². The predicted octanol–water partition coefficient (Wildman–Crippen LogP) is -0.215. The third-order valence-electron chi connectivity index (χ3n) is 0.917. The van der Waals surface area contributed by atoms with Crippen molar-refractivity contribution < 1.29 is 5.11 Å². The Balaban J connectivity index is 3.32. The van der Waals surface area contributed by atoms with E-state index in [2.05, 4.69) is 0 Å².